The number of nitrogens with zero attached hydrogens (tertiary/aromatic N) is 3. The molecule has 0 aliphatic carbocycles. The number of hydrogen-bond acceptors (Lipinski definition) is 4. The van der Waals surface area contributed by atoms with Gasteiger partial charge in [0.25, 0.3) is 0 Å². The van der Waals surface area contributed by atoms with Crippen LogP contribution in [0.2, 0.25) is 5.02 Å². The average Bonchev–Trinajstić information content (AvgIpc) is 2.86. The number of halogens is 1. The van der Waals surface area contributed by atoms with Gasteiger partial charge in [-0.1, -0.05) is 11.6 Å². The van der Waals surface area contributed by atoms with Crippen LogP contribution in [0.15, 0.2) is 18.3 Å². The molecule has 1 aliphatic heterocycles. The van der Waals surface area contributed by atoms with Crippen molar-refractivity contribution in [3.8, 4) is 0 Å². The van der Waals surface area contributed by atoms with E-state index in [0.29, 0.717) is 17.0 Å². The second-order valence-corrected chi connectivity index (χ2v) is 5.38. The van der Waals surface area contributed by atoms with Crippen molar-refractivity contribution in [1.82, 2.24) is 14.6 Å². The Kier molecular flexibility index (Phi) is 2.65. The van der Waals surface area contributed by atoms with Gasteiger partial charge in [-0.2, -0.15) is 16.7 Å². The molecule has 3 rings (SSSR count). The first-order valence-electron chi connectivity index (χ1n) is 5.17. The van der Waals surface area contributed by atoms with E-state index in [9.17, 15) is 0 Å². The Hall–Kier alpha value is -0.940. The van der Waals surface area contributed by atoms with E-state index in [1.54, 1.807) is 10.7 Å². The third-order valence-corrected chi connectivity index (χ3v) is 3.94. The summed E-state index contributed by atoms with van der Waals surface area (Å²) in [5, 5.41) is 8.35. The molecule has 2 aromatic heterocycles. The topological polar surface area (TPSA) is 42.2 Å². The maximum atomic E-state index is 5.89. The van der Waals surface area contributed by atoms with Gasteiger partial charge in [0.2, 0.25) is 5.95 Å². The first-order chi connectivity index (χ1) is 7.81. The molecule has 1 N–H and O–H groups in total. The van der Waals surface area contributed by atoms with Gasteiger partial charge in [-0.05, 0) is 24.3 Å². The summed E-state index contributed by atoms with van der Waals surface area (Å²) < 4.78 is 1.70. The van der Waals surface area contributed by atoms with Crippen molar-refractivity contribution >= 4 is 35.0 Å². The molecule has 84 valence electrons. The van der Waals surface area contributed by atoms with Gasteiger partial charge in [0, 0.05) is 18.0 Å². The Bertz CT molecular complexity index is 506. The van der Waals surface area contributed by atoms with Crippen molar-refractivity contribution in [2.75, 3.05) is 16.8 Å². The molecule has 4 nitrogen and oxygen atoms in total. The Morgan fingerprint density at radius 1 is 1.50 bits per heavy atom. The van der Waals surface area contributed by atoms with Crippen molar-refractivity contribution in [2.45, 2.75) is 12.5 Å². The van der Waals surface area contributed by atoms with E-state index in [1.807, 2.05) is 23.9 Å². The summed E-state index contributed by atoms with van der Waals surface area (Å²) >= 11 is 7.85. The lowest BCUT2D eigenvalue weighted by molar-refractivity contribution is 0.796. The minimum absolute atomic E-state index is 0.498. The number of rotatable bonds is 2. The molecular formula is C10H11ClN4S. The van der Waals surface area contributed by atoms with Crippen molar-refractivity contribution < 1.29 is 0 Å². The van der Waals surface area contributed by atoms with Crippen LogP contribution in [0.25, 0.3) is 5.65 Å². The number of nitrogens with one attached hydrogen (secondary N) is 1. The zero-order valence-electron chi connectivity index (χ0n) is 8.56. The highest BCUT2D eigenvalue weighted by atomic mass is 35.5. The number of fused-ring (bicyclic) bond motifs is 1. The Balaban J connectivity index is 1.86. The number of anilines is 1. The van der Waals surface area contributed by atoms with Crippen LogP contribution in [0.3, 0.4) is 0 Å². The first kappa shape index (κ1) is 10.2. The van der Waals surface area contributed by atoms with Gasteiger partial charge in [-0.3, -0.25) is 0 Å². The molecule has 0 bridgehead atoms. The molecule has 1 unspecified atom stereocenters. The van der Waals surface area contributed by atoms with Crippen molar-refractivity contribution in [2.24, 2.45) is 0 Å². The monoisotopic (exact) mass is 254 g/mol. The molecule has 16 heavy (non-hydrogen) atoms. The van der Waals surface area contributed by atoms with Gasteiger partial charge in [-0.15, -0.1) is 5.10 Å². The maximum absolute atomic E-state index is 5.89. The fourth-order valence-electron chi connectivity index (χ4n) is 1.75. The predicted octanol–water partition coefficient (Wildman–Crippen LogP) is 2.30. The lowest BCUT2D eigenvalue weighted by atomic mass is 10.3. The van der Waals surface area contributed by atoms with E-state index in [4.69, 9.17) is 11.6 Å². The highest BCUT2D eigenvalue weighted by molar-refractivity contribution is 7.99. The molecule has 0 radical (unpaired) electrons. The average molecular weight is 255 g/mol. The second-order valence-electron chi connectivity index (χ2n) is 3.79. The summed E-state index contributed by atoms with van der Waals surface area (Å²) in [6, 6.07) is 4.18. The van der Waals surface area contributed by atoms with E-state index >= 15 is 0 Å². The van der Waals surface area contributed by atoms with Crippen LogP contribution < -0.4 is 5.32 Å². The molecule has 2 aromatic rings. The Morgan fingerprint density at radius 2 is 2.44 bits per heavy atom. The van der Waals surface area contributed by atoms with E-state index in [2.05, 4.69) is 15.4 Å². The zero-order chi connectivity index (χ0) is 11.0. The van der Waals surface area contributed by atoms with Crippen LogP contribution in [0, 0.1) is 0 Å². The molecule has 0 spiro atoms. The van der Waals surface area contributed by atoms with Crippen molar-refractivity contribution in [1.29, 1.82) is 0 Å². The number of hydrogen-bond donors (Lipinski definition) is 1. The van der Waals surface area contributed by atoms with E-state index in [0.717, 1.165) is 11.4 Å². The lowest BCUT2D eigenvalue weighted by Crippen LogP contribution is -2.18. The van der Waals surface area contributed by atoms with Crippen LogP contribution in [0.1, 0.15) is 6.42 Å². The molecule has 1 aliphatic rings. The van der Waals surface area contributed by atoms with Crippen molar-refractivity contribution in [3.05, 3.63) is 23.4 Å². The fourth-order valence-corrected chi connectivity index (χ4v) is 3.06. The van der Waals surface area contributed by atoms with E-state index < -0.39 is 0 Å². The highest BCUT2D eigenvalue weighted by Crippen LogP contribution is 2.20. The smallest absolute Gasteiger partial charge is 0.243 e. The molecular weight excluding hydrogens is 244 g/mol. The molecule has 1 fully saturated rings. The van der Waals surface area contributed by atoms with E-state index in [-0.39, 0.29) is 0 Å². The maximum Gasteiger partial charge on any atom is 0.243 e. The molecule has 0 saturated carbocycles. The summed E-state index contributed by atoms with van der Waals surface area (Å²) in [6.07, 6.45) is 2.94. The van der Waals surface area contributed by atoms with Gasteiger partial charge in [-0.25, -0.2) is 4.52 Å². The largest absolute Gasteiger partial charge is 0.349 e. The molecule has 3 heterocycles. The van der Waals surface area contributed by atoms with Gasteiger partial charge in [0.05, 0.1) is 5.02 Å². The Labute approximate surface area is 102 Å². The molecule has 1 atom stereocenters. The molecule has 1 saturated heterocycles. The zero-order valence-corrected chi connectivity index (χ0v) is 10.1. The molecule has 0 aromatic carbocycles. The predicted molar refractivity (Wildman–Crippen MR) is 67.3 cm³/mol. The standard InChI is InChI=1S/C10H11ClN4S/c11-7-1-2-9-13-10(14-15(9)5-7)12-8-3-4-16-6-8/h1-2,5,8H,3-4,6H2,(H,12,14). The van der Waals surface area contributed by atoms with Crippen LogP contribution in [0.5, 0.6) is 0 Å². The SMILES string of the molecule is Clc1ccc2nc(NC3CCSC3)nn2c1. The summed E-state index contributed by atoms with van der Waals surface area (Å²) in [4.78, 5) is 4.39. The molecule has 0 amide bonds. The summed E-state index contributed by atoms with van der Waals surface area (Å²) in [6.45, 7) is 0. The highest BCUT2D eigenvalue weighted by Gasteiger charge is 2.16. The third kappa shape index (κ3) is 1.97. The van der Waals surface area contributed by atoms with Gasteiger partial charge < -0.3 is 5.32 Å². The number of pyridine rings is 1. The van der Waals surface area contributed by atoms with Gasteiger partial charge >= 0.3 is 0 Å². The molecule has 6 heteroatoms. The van der Waals surface area contributed by atoms with E-state index in [1.165, 1.54) is 12.2 Å². The second kappa shape index (κ2) is 4.14. The number of thioether (sulfide) groups is 1. The Morgan fingerprint density at radius 3 is 3.25 bits per heavy atom. The first-order valence-corrected chi connectivity index (χ1v) is 6.71. The summed E-state index contributed by atoms with van der Waals surface area (Å²) in [7, 11) is 0. The third-order valence-electron chi connectivity index (χ3n) is 2.56. The van der Waals surface area contributed by atoms with Crippen LogP contribution >= 0.6 is 23.4 Å². The van der Waals surface area contributed by atoms with Crippen molar-refractivity contribution in [3.63, 3.8) is 0 Å². The fraction of sp³-hybridized carbons (Fsp3) is 0.400. The minimum atomic E-state index is 0.498. The quantitative estimate of drug-likeness (QED) is 0.893. The lowest BCUT2D eigenvalue weighted by Gasteiger charge is -2.07. The minimum Gasteiger partial charge on any atom is -0.349 e. The van der Waals surface area contributed by atoms with Crippen LogP contribution in [-0.4, -0.2) is 32.1 Å². The normalized spacial score (nSPS) is 20.4. The van der Waals surface area contributed by atoms with Gasteiger partial charge in [0.15, 0.2) is 5.65 Å². The van der Waals surface area contributed by atoms with Gasteiger partial charge in [0.1, 0.15) is 0 Å². The summed E-state index contributed by atoms with van der Waals surface area (Å²) in [5.74, 6) is 3.04. The van der Waals surface area contributed by atoms with Crippen LogP contribution in [-0.2, 0) is 0 Å². The number of aromatic nitrogens is 3. The summed E-state index contributed by atoms with van der Waals surface area (Å²) in [5.41, 5.74) is 0.817. The van der Waals surface area contributed by atoms with Crippen LogP contribution in [0.4, 0.5) is 5.95 Å².